The van der Waals surface area contributed by atoms with Crippen molar-refractivity contribution in [1.29, 1.82) is 0 Å². The van der Waals surface area contributed by atoms with Crippen LogP contribution in [0.1, 0.15) is 32.3 Å². The molecule has 1 aromatic rings. The lowest BCUT2D eigenvalue weighted by Crippen LogP contribution is -2.11. The van der Waals surface area contributed by atoms with Gasteiger partial charge in [-0.05, 0) is 36.8 Å². The van der Waals surface area contributed by atoms with Crippen molar-refractivity contribution in [3.05, 3.63) is 35.4 Å². The molecular weight excluding hydrogens is 210 g/mol. The minimum absolute atomic E-state index is 0.413. The summed E-state index contributed by atoms with van der Waals surface area (Å²) in [4.78, 5) is 0. The average Bonchev–Trinajstić information content (AvgIpc) is 2.15. The Balaban J connectivity index is 2.48. The van der Waals surface area contributed by atoms with E-state index in [1.807, 2.05) is 13.8 Å². The van der Waals surface area contributed by atoms with Gasteiger partial charge in [-0.15, -0.1) is 0 Å². The molecule has 1 nitrogen and oxygen atoms in total. The van der Waals surface area contributed by atoms with Crippen molar-refractivity contribution < 1.29 is 13.9 Å². The fourth-order valence-electron chi connectivity index (χ4n) is 1.71. The van der Waals surface area contributed by atoms with Gasteiger partial charge in [0.1, 0.15) is 11.6 Å². The lowest BCUT2D eigenvalue weighted by Gasteiger charge is -2.12. The number of aliphatic hydroxyl groups excluding tert-OH is 1. The van der Waals surface area contributed by atoms with Gasteiger partial charge in [0.25, 0.3) is 0 Å². The molecule has 0 bridgehead atoms. The molecule has 0 aliphatic heterocycles. The van der Waals surface area contributed by atoms with Crippen molar-refractivity contribution in [3.63, 3.8) is 0 Å². The van der Waals surface area contributed by atoms with Crippen molar-refractivity contribution in [2.75, 3.05) is 0 Å². The lowest BCUT2D eigenvalue weighted by molar-refractivity contribution is 0.139. The molecule has 90 valence electrons. The van der Waals surface area contributed by atoms with E-state index in [4.69, 9.17) is 0 Å². The van der Waals surface area contributed by atoms with Crippen LogP contribution in [0.2, 0.25) is 0 Å². The normalized spacial score (nSPS) is 13.1. The minimum Gasteiger partial charge on any atom is -0.393 e. The van der Waals surface area contributed by atoms with Gasteiger partial charge < -0.3 is 5.11 Å². The van der Waals surface area contributed by atoms with Gasteiger partial charge >= 0.3 is 0 Å². The Bertz CT molecular complexity index is 337. The Hall–Kier alpha value is -0.960. The highest BCUT2D eigenvalue weighted by molar-refractivity contribution is 5.18. The van der Waals surface area contributed by atoms with Crippen LogP contribution in [0.25, 0.3) is 0 Å². The third-order valence-electron chi connectivity index (χ3n) is 2.51. The van der Waals surface area contributed by atoms with Crippen LogP contribution < -0.4 is 0 Å². The van der Waals surface area contributed by atoms with Crippen LogP contribution >= 0.6 is 0 Å². The second kappa shape index (κ2) is 5.94. The topological polar surface area (TPSA) is 20.2 Å². The fourth-order valence-corrected chi connectivity index (χ4v) is 1.71. The van der Waals surface area contributed by atoms with Crippen LogP contribution in [0.3, 0.4) is 0 Å². The van der Waals surface area contributed by atoms with E-state index in [1.54, 1.807) is 0 Å². The largest absolute Gasteiger partial charge is 0.393 e. The molecule has 16 heavy (non-hydrogen) atoms. The van der Waals surface area contributed by atoms with Crippen molar-refractivity contribution in [3.8, 4) is 0 Å². The number of hydrogen-bond donors (Lipinski definition) is 1. The maximum Gasteiger partial charge on any atom is 0.129 e. The smallest absolute Gasteiger partial charge is 0.129 e. The number of aryl methyl sites for hydroxylation is 1. The standard InChI is InChI=1S/C13H18F2O/c1-9(2)7-12(16)6-4-10-3-5-11(14)8-13(10)15/h3,5,8-9,12,16H,4,6-7H2,1-2H3. The van der Waals surface area contributed by atoms with E-state index >= 15 is 0 Å². The van der Waals surface area contributed by atoms with Crippen molar-refractivity contribution in [2.45, 2.75) is 39.2 Å². The van der Waals surface area contributed by atoms with Crippen LogP contribution in [-0.2, 0) is 6.42 Å². The summed E-state index contributed by atoms with van der Waals surface area (Å²) in [5.41, 5.74) is 0.462. The third-order valence-corrected chi connectivity index (χ3v) is 2.51. The van der Waals surface area contributed by atoms with E-state index in [0.717, 1.165) is 6.07 Å². The van der Waals surface area contributed by atoms with Crippen LogP contribution in [0.4, 0.5) is 8.78 Å². The number of halogens is 2. The van der Waals surface area contributed by atoms with Crippen LogP contribution in [0, 0.1) is 17.6 Å². The van der Waals surface area contributed by atoms with E-state index in [9.17, 15) is 13.9 Å². The summed E-state index contributed by atoms with van der Waals surface area (Å²) in [6, 6.07) is 3.56. The third kappa shape index (κ3) is 4.27. The van der Waals surface area contributed by atoms with Crippen LogP contribution in [0.5, 0.6) is 0 Å². The predicted molar refractivity (Wildman–Crippen MR) is 60.1 cm³/mol. The van der Waals surface area contributed by atoms with Crippen molar-refractivity contribution >= 4 is 0 Å². The van der Waals surface area contributed by atoms with Crippen molar-refractivity contribution in [2.24, 2.45) is 5.92 Å². The van der Waals surface area contributed by atoms with E-state index in [-0.39, 0.29) is 0 Å². The predicted octanol–water partition coefficient (Wildman–Crippen LogP) is 3.30. The molecule has 0 radical (unpaired) electrons. The molecule has 0 fully saturated rings. The summed E-state index contributed by atoms with van der Waals surface area (Å²) in [5.74, 6) is -0.672. The maximum atomic E-state index is 13.2. The number of aliphatic hydroxyl groups is 1. The van der Waals surface area contributed by atoms with Gasteiger partial charge in [-0.3, -0.25) is 0 Å². The zero-order valence-corrected chi connectivity index (χ0v) is 9.71. The van der Waals surface area contributed by atoms with Gasteiger partial charge in [-0.1, -0.05) is 19.9 Å². The summed E-state index contributed by atoms with van der Waals surface area (Å²) in [5, 5.41) is 9.63. The Morgan fingerprint density at radius 3 is 2.50 bits per heavy atom. The maximum absolute atomic E-state index is 13.2. The molecule has 0 aromatic heterocycles. The first kappa shape index (κ1) is 13.1. The van der Waals surface area contributed by atoms with Gasteiger partial charge in [0.05, 0.1) is 6.10 Å². The monoisotopic (exact) mass is 228 g/mol. The van der Waals surface area contributed by atoms with E-state index in [2.05, 4.69) is 0 Å². The number of benzene rings is 1. The molecule has 0 heterocycles. The lowest BCUT2D eigenvalue weighted by atomic mass is 9.99. The number of rotatable bonds is 5. The highest BCUT2D eigenvalue weighted by atomic mass is 19.1. The first-order valence-corrected chi connectivity index (χ1v) is 5.61. The molecule has 1 N–H and O–H groups in total. The van der Waals surface area contributed by atoms with Crippen LogP contribution in [-0.4, -0.2) is 11.2 Å². The van der Waals surface area contributed by atoms with Gasteiger partial charge in [0, 0.05) is 6.07 Å². The molecular formula is C13H18F2O. The minimum atomic E-state index is -0.566. The molecule has 1 atom stereocenters. The zero-order chi connectivity index (χ0) is 12.1. The summed E-state index contributed by atoms with van der Waals surface area (Å²) >= 11 is 0. The summed E-state index contributed by atoms with van der Waals surface area (Å²) < 4.78 is 25.9. The van der Waals surface area contributed by atoms with Gasteiger partial charge in [-0.2, -0.15) is 0 Å². The SMILES string of the molecule is CC(C)CC(O)CCc1ccc(F)cc1F. The summed E-state index contributed by atoms with van der Waals surface area (Å²) in [6.45, 7) is 4.06. The summed E-state index contributed by atoms with van der Waals surface area (Å²) in [6.07, 6.45) is 1.26. The average molecular weight is 228 g/mol. The van der Waals surface area contributed by atoms with Crippen molar-refractivity contribution in [1.82, 2.24) is 0 Å². The van der Waals surface area contributed by atoms with Gasteiger partial charge in [-0.25, -0.2) is 8.78 Å². The van der Waals surface area contributed by atoms with E-state index in [1.165, 1.54) is 12.1 Å². The molecule has 0 saturated heterocycles. The van der Waals surface area contributed by atoms with Gasteiger partial charge in [0.15, 0.2) is 0 Å². The number of hydrogen-bond acceptors (Lipinski definition) is 1. The molecule has 0 aliphatic carbocycles. The molecule has 1 rings (SSSR count). The Morgan fingerprint density at radius 2 is 1.94 bits per heavy atom. The Morgan fingerprint density at radius 1 is 1.25 bits per heavy atom. The quantitative estimate of drug-likeness (QED) is 0.819. The van der Waals surface area contributed by atoms with Gasteiger partial charge in [0.2, 0.25) is 0 Å². The summed E-state index contributed by atoms with van der Waals surface area (Å²) in [7, 11) is 0. The molecule has 3 heteroatoms. The molecule has 0 amide bonds. The van der Waals surface area contributed by atoms with Crippen LogP contribution in [0.15, 0.2) is 18.2 Å². The molecule has 0 spiro atoms. The fraction of sp³-hybridized carbons (Fsp3) is 0.538. The molecule has 1 aromatic carbocycles. The Kier molecular flexibility index (Phi) is 4.87. The molecule has 0 saturated carbocycles. The second-order valence-electron chi connectivity index (χ2n) is 4.56. The zero-order valence-electron chi connectivity index (χ0n) is 9.71. The van der Waals surface area contributed by atoms with E-state index in [0.29, 0.717) is 30.7 Å². The Labute approximate surface area is 95.1 Å². The first-order chi connectivity index (χ1) is 7.49. The molecule has 0 aliphatic rings. The van der Waals surface area contributed by atoms with E-state index < -0.39 is 17.7 Å². The highest BCUT2D eigenvalue weighted by Gasteiger charge is 2.09. The first-order valence-electron chi connectivity index (χ1n) is 5.61. The highest BCUT2D eigenvalue weighted by Crippen LogP contribution is 2.15. The second-order valence-corrected chi connectivity index (χ2v) is 4.56. The molecule has 1 unspecified atom stereocenters.